The molecule has 0 radical (unpaired) electrons. The molecule has 23 heavy (non-hydrogen) atoms. The minimum absolute atomic E-state index is 0. The Labute approximate surface area is 138 Å². The maximum Gasteiger partial charge on any atom is 2.00 e. The molecule has 0 saturated carbocycles. The Morgan fingerprint density at radius 3 is 1.22 bits per heavy atom. The molecule has 2 aromatic rings. The molecule has 0 fully saturated rings. The summed E-state index contributed by atoms with van der Waals surface area (Å²) >= 11 is 0. The summed E-state index contributed by atoms with van der Waals surface area (Å²) in [6.07, 6.45) is 2.84. The minimum atomic E-state index is -0.180. The van der Waals surface area contributed by atoms with E-state index in [1.54, 1.807) is 61.1 Å². The van der Waals surface area contributed by atoms with Gasteiger partial charge in [0.1, 0.15) is 11.6 Å². The molecule has 5 heteroatoms. The summed E-state index contributed by atoms with van der Waals surface area (Å²) in [7, 11) is 0. The Bertz CT molecular complexity index is 566. The number of carbonyl (C=O) groups is 2. The van der Waals surface area contributed by atoms with Crippen LogP contribution in [0.3, 0.4) is 0 Å². The van der Waals surface area contributed by atoms with Gasteiger partial charge >= 0.3 is 10.1 Å². The van der Waals surface area contributed by atoms with Crippen LogP contribution >= 0.6 is 0 Å². The zero-order valence-electron chi connectivity index (χ0n) is 12.5. The topological polar surface area (TPSA) is 68.3 Å². The van der Waals surface area contributed by atoms with Gasteiger partial charge in [0.05, 0.1) is 0 Å². The van der Waals surface area contributed by atoms with Crippen LogP contribution < -0.4 is 0 Å². The summed E-state index contributed by atoms with van der Waals surface area (Å²) in [5.41, 5.74) is 1.13. The van der Waals surface area contributed by atoms with Crippen molar-refractivity contribution in [1.82, 2.24) is 0 Å². The molecule has 0 heterocycles. The van der Waals surface area contributed by atoms with E-state index in [2.05, 4.69) is 0 Å². The number of ketones is 2. The molecular weight excluding hydrogens is 289 g/mol. The number of hydrogen-bond donors (Lipinski definition) is 0. The van der Waals surface area contributed by atoms with Crippen LogP contribution in [-0.4, -0.2) is 34.3 Å². The summed E-state index contributed by atoms with van der Waals surface area (Å²) < 4.78 is 0. The first-order chi connectivity index (χ1) is 10.7. The van der Waals surface area contributed by atoms with E-state index in [4.69, 9.17) is 0 Å². The van der Waals surface area contributed by atoms with Crippen LogP contribution in [0.25, 0.3) is 0 Å². The van der Waals surface area contributed by atoms with Crippen molar-refractivity contribution in [2.24, 2.45) is 0 Å². The Morgan fingerprint density at radius 1 is 0.652 bits per heavy atom. The molecule has 0 unspecified atom stereocenters. The van der Waals surface area contributed by atoms with Crippen LogP contribution in [0.2, 0.25) is 0 Å². The molecule has 0 spiro atoms. The summed E-state index contributed by atoms with van der Waals surface area (Å²) in [5, 5.41) is 0. The van der Waals surface area contributed by atoms with Crippen molar-refractivity contribution < 1.29 is 19.2 Å². The van der Waals surface area contributed by atoms with Crippen molar-refractivity contribution in [3.05, 3.63) is 71.8 Å². The molecule has 0 N–H and O–H groups in total. The Morgan fingerprint density at radius 2 is 0.957 bits per heavy atom. The van der Waals surface area contributed by atoms with E-state index < -0.39 is 0 Å². The quantitative estimate of drug-likeness (QED) is 0.355. The monoisotopic (exact) mass is 303 g/mol. The average molecular weight is 303 g/mol. The van der Waals surface area contributed by atoms with Gasteiger partial charge in [0.2, 0.25) is 0 Å². The van der Waals surface area contributed by atoms with Crippen LogP contribution in [0.15, 0.2) is 60.7 Å². The third-order valence-corrected chi connectivity index (χ3v) is 2.66. The summed E-state index contributed by atoms with van der Waals surface area (Å²) in [6.45, 7) is 0. The molecule has 2 aromatic carbocycles. The van der Waals surface area contributed by atoms with E-state index in [-0.39, 0.29) is 34.5 Å². The fourth-order valence-electron chi connectivity index (χ4n) is 1.58. The van der Waals surface area contributed by atoms with E-state index >= 15 is 0 Å². The molecule has 0 bridgehead atoms. The van der Waals surface area contributed by atoms with Gasteiger partial charge in [-0.2, -0.15) is 0 Å². The van der Waals surface area contributed by atoms with Crippen molar-refractivity contribution in [1.29, 1.82) is 0 Å². The molecule has 2 rings (SSSR count). The second-order valence-corrected chi connectivity index (χ2v) is 4.22. The van der Waals surface area contributed by atoms with E-state index in [1.807, 2.05) is 12.1 Å². The molecule has 0 amide bonds. The van der Waals surface area contributed by atoms with Crippen molar-refractivity contribution in [2.75, 3.05) is 0 Å². The molecule has 0 saturated heterocycles. The summed E-state index contributed by atoms with van der Waals surface area (Å²) in [4.78, 5) is 41.6. The van der Waals surface area contributed by atoms with Gasteiger partial charge in [-0.25, -0.2) is 0 Å². The van der Waals surface area contributed by atoms with Crippen molar-refractivity contribution >= 4 is 34.3 Å². The van der Waals surface area contributed by atoms with Crippen LogP contribution in [0.1, 0.15) is 33.6 Å². The predicted octanol–water partition coefficient (Wildman–Crippen LogP) is 2.36. The molecule has 0 aliphatic carbocycles. The van der Waals surface area contributed by atoms with E-state index in [9.17, 15) is 19.2 Å². The normalized spacial score (nSPS) is 8.70. The largest absolute Gasteiger partial charge is 2.00 e. The number of carbonyl (C=O) groups excluding carboxylic acids is 4. The predicted molar refractivity (Wildman–Crippen MR) is 87.9 cm³/mol. The molecular formula is C18H14BeO4. The number of rotatable bonds is 6. The summed E-state index contributed by atoms with van der Waals surface area (Å²) in [6, 6.07) is 17.4. The van der Waals surface area contributed by atoms with Gasteiger partial charge in [0, 0.05) is 11.1 Å². The maximum atomic E-state index is 11.0. The first-order valence-corrected chi connectivity index (χ1v) is 6.55. The third kappa shape index (κ3) is 7.74. The van der Waals surface area contributed by atoms with Gasteiger partial charge in [-0.1, -0.05) is 73.5 Å². The molecule has 0 aliphatic heterocycles. The van der Waals surface area contributed by atoms with Gasteiger partial charge in [0.25, 0.3) is 0 Å². The van der Waals surface area contributed by atoms with Crippen LogP contribution in [0.4, 0.5) is 0 Å². The van der Waals surface area contributed by atoms with Gasteiger partial charge < -0.3 is 9.59 Å². The Kier molecular flexibility index (Phi) is 10.5. The average Bonchev–Trinajstić information content (AvgIpc) is 2.57. The molecule has 0 atom stereocenters. The minimum Gasteiger partial charge on any atom is -0.541 e. The van der Waals surface area contributed by atoms with Crippen molar-refractivity contribution in [2.45, 2.75) is 12.8 Å². The molecule has 0 aliphatic rings. The first-order valence-electron chi connectivity index (χ1n) is 6.55. The standard InChI is InChI=1S/2C9H7O2.Be/c2*10-7-6-9(11)8-4-2-1-3-5-8;/h2*1-5H,6H2;/q2*-1;+2. The van der Waals surface area contributed by atoms with Gasteiger partial charge in [-0.15, -0.1) is 0 Å². The van der Waals surface area contributed by atoms with Gasteiger partial charge in [-0.3, -0.25) is 22.2 Å². The van der Waals surface area contributed by atoms with E-state index in [0.29, 0.717) is 11.1 Å². The fraction of sp³-hybridized carbons (Fsp3) is 0.111. The van der Waals surface area contributed by atoms with Crippen LogP contribution in [0.5, 0.6) is 0 Å². The second-order valence-electron chi connectivity index (χ2n) is 4.22. The van der Waals surface area contributed by atoms with Crippen molar-refractivity contribution in [3.63, 3.8) is 0 Å². The van der Waals surface area contributed by atoms with Crippen molar-refractivity contribution in [3.8, 4) is 0 Å². The molecule has 0 aromatic heterocycles. The first kappa shape index (κ1) is 20.3. The second kappa shape index (κ2) is 11.9. The molecule has 112 valence electrons. The Hall–Kier alpha value is -2.71. The number of Topliss-reactive ketones (excluding diaryl/α,β-unsaturated/α-hetero) is 2. The van der Waals surface area contributed by atoms with Gasteiger partial charge in [0.15, 0.2) is 0 Å². The van der Waals surface area contributed by atoms with Gasteiger partial charge in [-0.05, 0) is 0 Å². The summed E-state index contributed by atoms with van der Waals surface area (Å²) in [5.74, 6) is -0.360. The van der Waals surface area contributed by atoms with E-state index in [1.165, 1.54) is 0 Å². The SMILES string of the molecule is O=[C-]CC(=O)c1ccccc1.O=[C-]CC(=O)c1ccccc1.[Be+2]. The third-order valence-electron chi connectivity index (χ3n) is 2.66. The smallest absolute Gasteiger partial charge is 0.541 e. The number of benzene rings is 2. The number of hydrogen-bond acceptors (Lipinski definition) is 4. The Balaban J connectivity index is 0.000000403. The maximum absolute atomic E-state index is 11.0. The van der Waals surface area contributed by atoms with Crippen LogP contribution in [-0.2, 0) is 9.59 Å². The fourth-order valence-corrected chi connectivity index (χ4v) is 1.58. The van der Waals surface area contributed by atoms with E-state index in [0.717, 1.165) is 0 Å². The molecule has 4 nitrogen and oxygen atoms in total. The zero-order valence-corrected chi connectivity index (χ0v) is 12.5. The zero-order chi connectivity index (χ0) is 16.2. The van der Waals surface area contributed by atoms with Crippen LogP contribution in [0, 0.1) is 0 Å².